The number of nitrogens with zero attached hydrogens (tertiary/aromatic N) is 3. The summed E-state index contributed by atoms with van der Waals surface area (Å²) in [5, 5.41) is 3.25. The van der Waals surface area contributed by atoms with Gasteiger partial charge in [0.1, 0.15) is 0 Å². The van der Waals surface area contributed by atoms with Crippen molar-refractivity contribution in [3.05, 3.63) is 40.7 Å². The molecule has 0 aliphatic carbocycles. The minimum absolute atomic E-state index is 0.0449. The number of rotatable bonds is 5. The van der Waals surface area contributed by atoms with Gasteiger partial charge < -0.3 is 5.32 Å². The highest BCUT2D eigenvalue weighted by Crippen LogP contribution is 2.26. The number of aromatic nitrogens is 2. The fourth-order valence-corrected chi connectivity index (χ4v) is 5.46. The molecule has 10 heteroatoms. The number of nitrogens with one attached hydrogen (secondary N) is 1. The molecule has 0 atom stereocenters. The Hall–Kier alpha value is -1.68. The van der Waals surface area contributed by atoms with Gasteiger partial charge in [0, 0.05) is 18.8 Å². The van der Waals surface area contributed by atoms with Crippen LogP contribution in [0.15, 0.2) is 34.4 Å². The van der Waals surface area contributed by atoms with Gasteiger partial charge in [-0.3, -0.25) is 4.79 Å². The Morgan fingerprint density at radius 1 is 1.21 bits per heavy atom. The maximum atomic E-state index is 13.2. The number of halogens is 1. The van der Waals surface area contributed by atoms with E-state index in [1.54, 1.807) is 29.6 Å². The van der Waals surface area contributed by atoms with Crippen molar-refractivity contribution in [1.29, 1.82) is 0 Å². The molecule has 1 aromatic heterocycles. The molecule has 2 heterocycles. The van der Waals surface area contributed by atoms with Crippen LogP contribution < -0.4 is 5.32 Å². The molecular formula is C19H23ClN4O3S2. The van der Waals surface area contributed by atoms with Crippen molar-refractivity contribution in [3.8, 4) is 0 Å². The van der Waals surface area contributed by atoms with Crippen LogP contribution in [0.2, 0.25) is 5.02 Å². The summed E-state index contributed by atoms with van der Waals surface area (Å²) in [6.07, 6.45) is 6.97. The van der Waals surface area contributed by atoms with Gasteiger partial charge in [0.05, 0.1) is 16.1 Å². The molecule has 1 fully saturated rings. The number of aryl methyl sites for hydroxylation is 1. The quantitative estimate of drug-likeness (QED) is 0.542. The van der Waals surface area contributed by atoms with E-state index in [0.29, 0.717) is 29.5 Å². The number of hydrogen-bond acceptors (Lipinski definition) is 6. The van der Waals surface area contributed by atoms with E-state index in [0.717, 1.165) is 25.7 Å². The van der Waals surface area contributed by atoms with Gasteiger partial charge in [-0.05, 0) is 43.7 Å². The van der Waals surface area contributed by atoms with Crippen LogP contribution in [0.5, 0.6) is 0 Å². The topological polar surface area (TPSA) is 92.3 Å². The molecule has 0 radical (unpaired) electrons. The minimum Gasteiger partial charge on any atom is -0.321 e. The highest BCUT2D eigenvalue weighted by Gasteiger charge is 2.27. The molecule has 1 saturated heterocycles. The lowest BCUT2D eigenvalue weighted by Gasteiger charge is -2.21. The zero-order valence-electron chi connectivity index (χ0n) is 16.3. The largest absolute Gasteiger partial charge is 0.321 e. The maximum absolute atomic E-state index is 13.2. The van der Waals surface area contributed by atoms with Crippen LogP contribution in [-0.4, -0.2) is 47.9 Å². The molecule has 0 spiro atoms. The Bertz CT molecular complexity index is 1010. The first-order valence-corrected chi connectivity index (χ1v) is 12.4. The average molecular weight is 455 g/mol. The highest BCUT2D eigenvalue weighted by atomic mass is 35.5. The first-order valence-electron chi connectivity index (χ1n) is 9.31. The number of carbonyl (C=O) groups excluding carboxylic acids is 1. The summed E-state index contributed by atoms with van der Waals surface area (Å²) in [6.45, 7) is 2.79. The van der Waals surface area contributed by atoms with Gasteiger partial charge in [0.2, 0.25) is 10.0 Å². The van der Waals surface area contributed by atoms with E-state index >= 15 is 0 Å². The van der Waals surface area contributed by atoms with E-state index in [1.807, 2.05) is 0 Å². The van der Waals surface area contributed by atoms with Gasteiger partial charge in [-0.1, -0.05) is 42.3 Å². The summed E-state index contributed by atoms with van der Waals surface area (Å²) in [7, 11) is -3.63. The third kappa shape index (κ3) is 5.09. The molecule has 1 amide bonds. The van der Waals surface area contributed by atoms with Crippen molar-refractivity contribution in [2.24, 2.45) is 0 Å². The summed E-state index contributed by atoms with van der Waals surface area (Å²) in [5.74, 6) is -0.519. The molecule has 1 aromatic carbocycles. The summed E-state index contributed by atoms with van der Waals surface area (Å²) in [4.78, 5) is 21.0. The number of hydrogen-bond donors (Lipinski definition) is 1. The first kappa shape index (κ1) is 22.0. The summed E-state index contributed by atoms with van der Waals surface area (Å²) in [5.41, 5.74) is 1.05. The van der Waals surface area contributed by atoms with Gasteiger partial charge >= 0.3 is 0 Å². The third-order valence-corrected chi connectivity index (χ3v) is 7.63. The van der Waals surface area contributed by atoms with Crippen LogP contribution in [0.1, 0.15) is 41.7 Å². The zero-order chi connectivity index (χ0) is 21.0. The molecule has 1 aliphatic rings. The Labute approximate surface area is 180 Å². The second-order valence-corrected chi connectivity index (χ2v) is 9.89. The van der Waals surface area contributed by atoms with Crippen LogP contribution in [0.3, 0.4) is 0 Å². The zero-order valence-corrected chi connectivity index (χ0v) is 18.7. The summed E-state index contributed by atoms with van der Waals surface area (Å²) in [6, 6.07) is 4.85. The molecule has 3 rings (SSSR count). The number of sulfonamides is 1. The Balaban J connectivity index is 1.88. The lowest BCUT2D eigenvalue weighted by atomic mass is 10.2. The number of anilines is 1. The maximum Gasteiger partial charge on any atom is 0.275 e. The van der Waals surface area contributed by atoms with Crippen molar-refractivity contribution >= 4 is 45.0 Å². The molecule has 1 aliphatic heterocycles. The molecule has 29 heavy (non-hydrogen) atoms. The molecule has 0 bridgehead atoms. The second-order valence-electron chi connectivity index (χ2n) is 6.81. The van der Waals surface area contributed by atoms with Crippen molar-refractivity contribution < 1.29 is 13.2 Å². The van der Waals surface area contributed by atoms with E-state index in [9.17, 15) is 13.2 Å². The Morgan fingerprint density at radius 3 is 2.55 bits per heavy atom. The smallest absolute Gasteiger partial charge is 0.275 e. The second kappa shape index (κ2) is 9.42. The number of amides is 1. The van der Waals surface area contributed by atoms with Crippen LogP contribution in [-0.2, 0) is 10.0 Å². The van der Waals surface area contributed by atoms with Gasteiger partial charge in [0.25, 0.3) is 5.91 Å². The SMILES string of the molecule is CSc1ncc(Cl)c(C(=O)Nc2ccc(C)c(S(=O)(=O)N3CCCCCC3)c2)n1. The number of carbonyl (C=O) groups is 1. The van der Waals surface area contributed by atoms with Crippen LogP contribution in [0.25, 0.3) is 0 Å². The van der Waals surface area contributed by atoms with Gasteiger partial charge in [-0.15, -0.1) is 0 Å². The summed E-state index contributed by atoms with van der Waals surface area (Å²) >= 11 is 7.36. The van der Waals surface area contributed by atoms with Gasteiger partial charge in [0.15, 0.2) is 10.9 Å². The Kier molecular flexibility index (Phi) is 7.15. The fourth-order valence-electron chi connectivity index (χ4n) is 3.18. The average Bonchev–Trinajstić information content (AvgIpc) is 3.00. The highest BCUT2D eigenvalue weighted by molar-refractivity contribution is 7.98. The molecule has 0 saturated carbocycles. The van der Waals surface area contributed by atoms with Crippen LogP contribution in [0, 0.1) is 6.92 Å². The lowest BCUT2D eigenvalue weighted by Crippen LogP contribution is -2.32. The van der Waals surface area contributed by atoms with E-state index in [1.165, 1.54) is 24.0 Å². The molecule has 0 unspecified atom stereocenters. The van der Waals surface area contributed by atoms with E-state index < -0.39 is 15.9 Å². The number of thioether (sulfide) groups is 1. The molecular weight excluding hydrogens is 432 g/mol. The van der Waals surface area contributed by atoms with Crippen molar-refractivity contribution in [1.82, 2.24) is 14.3 Å². The lowest BCUT2D eigenvalue weighted by molar-refractivity contribution is 0.102. The first-order chi connectivity index (χ1) is 13.8. The number of benzene rings is 1. The molecule has 2 aromatic rings. The summed E-state index contributed by atoms with van der Waals surface area (Å²) < 4.78 is 27.9. The van der Waals surface area contributed by atoms with Crippen LogP contribution in [0.4, 0.5) is 5.69 Å². The monoisotopic (exact) mass is 454 g/mol. The van der Waals surface area contributed by atoms with E-state index in [2.05, 4.69) is 15.3 Å². The molecule has 7 nitrogen and oxygen atoms in total. The third-order valence-electron chi connectivity index (χ3n) is 4.75. The van der Waals surface area contributed by atoms with Crippen molar-refractivity contribution in [2.45, 2.75) is 42.7 Å². The van der Waals surface area contributed by atoms with Crippen LogP contribution >= 0.6 is 23.4 Å². The van der Waals surface area contributed by atoms with E-state index in [4.69, 9.17) is 11.6 Å². The van der Waals surface area contributed by atoms with Crippen molar-refractivity contribution in [3.63, 3.8) is 0 Å². The van der Waals surface area contributed by atoms with Crippen molar-refractivity contribution in [2.75, 3.05) is 24.7 Å². The van der Waals surface area contributed by atoms with E-state index in [-0.39, 0.29) is 15.6 Å². The molecule has 1 N–H and O–H groups in total. The predicted molar refractivity (Wildman–Crippen MR) is 115 cm³/mol. The normalized spacial score (nSPS) is 15.7. The molecule has 156 valence electrons. The predicted octanol–water partition coefficient (Wildman–Crippen LogP) is 3.98. The Morgan fingerprint density at radius 2 is 1.90 bits per heavy atom. The minimum atomic E-state index is -3.63. The van der Waals surface area contributed by atoms with Gasteiger partial charge in [-0.2, -0.15) is 4.31 Å². The van der Waals surface area contributed by atoms with Gasteiger partial charge in [-0.25, -0.2) is 18.4 Å². The standard InChI is InChI=1S/C19H23ClN4O3S2/c1-13-7-8-14(22-18(25)17-15(20)12-21-19(23-17)28-2)11-16(13)29(26,27)24-9-5-3-4-6-10-24/h7-8,11-12H,3-6,9-10H2,1-2H3,(H,22,25). The fraction of sp³-hybridized carbons (Fsp3) is 0.421.